The van der Waals surface area contributed by atoms with E-state index in [1.807, 2.05) is 6.07 Å². The third kappa shape index (κ3) is 2.72. The molecular formula is C22H30O4SeSi. The fraction of sp³-hybridized carbons (Fsp3) is 0.636. The summed E-state index contributed by atoms with van der Waals surface area (Å²) in [7, 11) is -0.369. The maximum atomic E-state index is 13.2. The van der Waals surface area contributed by atoms with E-state index in [4.69, 9.17) is 9.16 Å². The first-order valence-electron chi connectivity index (χ1n) is 10.2. The van der Waals surface area contributed by atoms with E-state index in [0.29, 0.717) is 27.3 Å². The van der Waals surface area contributed by atoms with Crippen LogP contribution >= 0.6 is 0 Å². The first-order chi connectivity index (χ1) is 13.3. The molecule has 0 amide bonds. The average molecular weight is 466 g/mol. The predicted octanol–water partition coefficient (Wildman–Crippen LogP) is 3.20. The van der Waals surface area contributed by atoms with Gasteiger partial charge in [0.25, 0.3) is 0 Å². The summed E-state index contributed by atoms with van der Waals surface area (Å²) in [5.74, 6) is 0.319. The van der Waals surface area contributed by atoms with Gasteiger partial charge in [-0.2, -0.15) is 0 Å². The third-order valence-electron chi connectivity index (χ3n) is 7.13. The topological polar surface area (TPSA) is 52.6 Å². The Kier molecular flexibility index (Phi) is 5.14. The Morgan fingerprint density at radius 2 is 1.93 bits per heavy atom. The number of hydrogen-bond donors (Lipinski definition) is 0. The van der Waals surface area contributed by atoms with E-state index in [-0.39, 0.29) is 29.2 Å². The number of ether oxygens (including phenoxy) is 1. The first kappa shape index (κ1) is 20.3. The fourth-order valence-corrected chi connectivity index (χ4v) is 10.2. The molecule has 0 N–H and O–H groups in total. The van der Waals surface area contributed by atoms with Crippen molar-refractivity contribution in [3.8, 4) is 0 Å². The molecule has 4 rings (SSSR count). The molecule has 0 heterocycles. The Bertz CT molecular complexity index is 776. The fourth-order valence-electron chi connectivity index (χ4n) is 6.40. The van der Waals surface area contributed by atoms with Crippen molar-refractivity contribution in [3.63, 3.8) is 0 Å². The molecule has 6 heteroatoms. The van der Waals surface area contributed by atoms with Crippen molar-refractivity contribution < 1.29 is 18.8 Å². The molecule has 152 valence electrons. The van der Waals surface area contributed by atoms with Gasteiger partial charge in [0.1, 0.15) is 0 Å². The molecule has 3 saturated carbocycles. The average Bonchev–Trinajstić information content (AvgIpc) is 2.92. The molecule has 28 heavy (non-hydrogen) atoms. The van der Waals surface area contributed by atoms with Crippen LogP contribution in [0.1, 0.15) is 25.7 Å². The van der Waals surface area contributed by atoms with Crippen LogP contribution in [-0.4, -0.2) is 48.2 Å². The van der Waals surface area contributed by atoms with Crippen LogP contribution in [0.5, 0.6) is 0 Å². The molecule has 3 fully saturated rings. The number of hydrogen-bond acceptors (Lipinski definition) is 4. The van der Waals surface area contributed by atoms with Crippen LogP contribution in [0.25, 0.3) is 0 Å². The monoisotopic (exact) mass is 466 g/mol. The summed E-state index contributed by atoms with van der Waals surface area (Å²) in [6.07, 6.45) is 3.14. The molecule has 4 nitrogen and oxygen atoms in total. The van der Waals surface area contributed by atoms with Crippen molar-refractivity contribution in [2.45, 2.75) is 56.7 Å². The van der Waals surface area contributed by atoms with E-state index >= 15 is 0 Å². The minimum atomic E-state index is -1.80. The summed E-state index contributed by atoms with van der Waals surface area (Å²) >= 11 is 0.339. The standard InChI is InChI=1S/C22H30O4SeSi/c1-25-20(24)22-16-10-11-19(26-28(2,3)4)21(22,13-12-18(22)23)17(16)14-27-15-8-6-5-7-9-15/h5-9,16-17,19H,10-14H2,1-4H3/t16-,17+,19-,21-,22-/m1/s1. The van der Waals surface area contributed by atoms with Gasteiger partial charge >= 0.3 is 175 Å². The summed E-state index contributed by atoms with van der Waals surface area (Å²) in [6, 6.07) is 10.6. The van der Waals surface area contributed by atoms with Gasteiger partial charge in [-0.05, 0) is 0 Å². The van der Waals surface area contributed by atoms with E-state index in [9.17, 15) is 9.59 Å². The minimum absolute atomic E-state index is 0.00582. The van der Waals surface area contributed by atoms with E-state index in [1.165, 1.54) is 11.6 Å². The van der Waals surface area contributed by atoms with Crippen molar-refractivity contribution >= 4 is 39.5 Å². The molecule has 1 aromatic rings. The van der Waals surface area contributed by atoms with Crippen LogP contribution in [0.2, 0.25) is 25.0 Å². The van der Waals surface area contributed by atoms with Gasteiger partial charge in [-0.15, -0.1) is 0 Å². The number of rotatable bonds is 6. The zero-order valence-electron chi connectivity index (χ0n) is 17.2. The quantitative estimate of drug-likeness (QED) is 0.368. The van der Waals surface area contributed by atoms with Gasteiger partial charge in [0.05, 0.1) is 0 Å². The number of methoxy groups -OCH3 is 1. The first-order valence-corrected chi connectivity index (χ1v) is 15.7. The van der Waals surface area contributed by atoms with Crippen molar-refractivity contribution in [3.05, 3.63) is 30.3 Å². The molecule has 0 aliphatic heterocycles. The third-order valence-corrected chi connectivity index (χ3v) is 10.5. The number of carbonyl (C=O) groups is 2. The molecule has 0 aromatic heterocycles. The molecule has 3 aliphatic rings. The number of benzene rings is 1. The van der Waals surface area contributed by atoms with Crippen molar-refractivity contribution in [2.75, 3.05) is 7.11 Å². The van der Waals surface area contributed by atoms with Gasteiger partial charge in [-0.3, -0.25) is 0 Å². The molecule has 3 aliphatic carbocycles. The molecule has 1 aromatic carbocycles. The zero-order valence-corrected chi connectivity index (χ0v) is 19.9. The molecule has 5 atom stereocenters. The summed E-state index contributed by atoms with van der Waals surface area (Å²) in [4.78, 5) is 26.2. The normalized spacial score (nSPS) is 36.6. The van der Waals surface area contributed by atoms with Gasteiger partial charge in [-0.25, -0.2) is 0 Å². The van der Waals surface area contributed by atoms with Gasteiger partial charge in [0.15, 0.2) is 0 Å². The van der Waals surface area contributed by atoms with E-state index in [0.717, 1.165) is 24.6 Å². The Morgan fingerprint density at radius 3 is 2.57 bits per heavy atom. The molecular weight excluding hydrogens is 435 g/mol. The van der Waals surface area contributed by atoms with Gasteiger partial charge in [0, 0.05) is 0 Å². The molecule has 0 unspecified atom stereocenters. The molecule has 0 spiro atoms. The van der Waals surface area contributed by atoms with Gasteiger partial charge < -0.3 is 0 Å². The van der Waals surface area contributed by atoms with E-state index in [2.05, 4.69) is 43.9 Å². The molecule has 0 radical (unpaired) electrons. The summed E-state index contributed by atoms with van der Waals surface area (Å²) in [5, 5.41) is 1.07. The van der Waals surface area contributed by atoms with E-state index in [1.54, 1.807) is 0 Å². The summed E-state index contributed by atoms with van der Waals surface area (Å²) in [5.41, 5.74) is -1.29. The number of carbonyl (C=O) groups excluding carboxylic acids is 2. The second-order valence-corrected chi connectivity index (χ2v) is 16.2. The Labute approximate surface area is 175 Å². The van der Waals surface area contributed by atoms with Crippen LogP contribution in [-0.2, 0) is 18.8 Å². The number of esters is 1. The summed E-state index contributed by atoms with van der Waals surface area (Å²) in [6.45, 7) is 6.61. The Hall–Kier alpha value is -0.944. The zero-order chi connectivity index (χ0) is 20.2. The van der Waals surface area contributed by atoms with E-state index < -0.39 is 13.7 Å². The van der Waals surface area contributed by atoms with Crippen molar-refractivity contribution in [2.24, 2.45) is 22.7 Å². The van der Waals surface area contributed by atoms with Crippen LogP contribution in [0, 0.1) is 22.7 Å². The second-order valence-electron chi connectivity index (χ2n) is 9.40. The second kappa shape index (κ2) is 7.08. The Balaban J connectivity index is 1.70. The molecule has 0 saturated heterocycles. The number of ketones is 1. The van der Waals surface area contributed by atoms with Crippen LogP contribution in [0.4, 0.5) is 0 Å². The van der Waals surface area contributed by atoms with Crippen molar-refractivity contribution in [1.29, 1.82) is 0 Å². The molecule has 2 bridgehead atoms. The SMILES string of the molecule is COC(=O)[C@@]12C(=O)CC[C@@]13[C@H](O[Si](C)(C)C)CC[C@@H]2[C@@H]3C[Se]c1ccccc1. The van der Waals surface area contributed by atoms with Crippen molar-refractivity contribution in [1.82, 2.24) is 0 Å². The van der Waals surface area contributed by atoms with Gasteiger partial charge in [-0.1, -0.05) is 0 Å². The summed E-state index contributed by atoms with van der Waals surface area (Å²) < 4.78 is 13.3. The maximum absolute atomic E-state index is 13.2. The van der Waals surface area contributed by atoms with Gasteiger partial charge in [0.2, 0.25) is 0 Å². The number of Topliss-reactive ketones (excluding diaryl/α,β-unsaturated/α-hetero) is 1. The van der Waals surface area contributed by atoms with Crippen LogP contribution in [0.3, 0.4) is 0 Å². The Morgan fingerprint density at radius 1 is 1.21 bits per heavy atom. The van der Waals surface area contributed by atoms with Crippen LogP contribution < -0.4 is 4.46 Å². The predicted molar refractivity (Wildman–Crippen MR) is 112 cm³/mol. The van der Waals surface area contributed by atoms with Crippen LogP contribution in [0.15, 0.2) is 30.3 Å².